The molecular weight excluding hydrogens is 195 g/mol. The fourth-order valence-corrected chi connectivity index (χ4v) is 1.64. The summed E-state index contributed by atoms with van der Waals surface area (Å²) in [6, 6.07) is 0. The van der Waals surface area contributed by atoms with Gasteiger partial charge in [-0.3, -0.25) is 0 Å². The highest BCUT2D eigenvalue weighted by Gasteiger charge is 2.24. The molecule has 0 fully saturated rings. The summed E-state index contributed by atoms with van der Waals surface area (Å²) in [5, 5.41) is 0.724. The number of hydrogen-bond acceptors (Lipinski definition) is 0. The van der Waals surface area contributed by atoms with Gasteiger partial charge in [0.2, 0.25) is 0 Å². The molecule has 0 saturated carbocycles. The Morgan fingerprint density at radius 3 is 2.80 bits per heavy atom. The molecule has 0 aromatic carbocycles. The molecule has 0 radical (unpaired) electrons. The molecule has 0 aromatic heterocycles. The first kappa shape index (κ1) is 7.99. The smallest absolute Gasteiger partial charge is 0.133 e. The first-order valence-electron chi connectivity index (χ1n) is 3.36. The van der Waals surface area contributed by atoms with E-state index in [2.05, 4.69) is 15.9 Å². The number of rotatable bonds is 2. The van der Waals surface area contributed by atoms with Gasteiger partial charge in [0, 0.05) is 11.8 Å². The van der Waals surface area contributed by atoms with Gasteiger partial charge in [-0.2, -0.15) is 0 Å². The van der Waals surface area contributed by atoms with E-state index in [0.717, 1.165) is 5.33 Å². The Balaban J connectivity index is 2.52. The average Bonchev–Trinajstić information content (AvgIpc) is 1.89. The molecule has 0 amide bonds. The topological polar surface area (TPSA) is 0 Å². The molecule has 1 aliphatic carbocycles. The lowest BCUT2D eigenvalue weighted by molar-refractivity contribution is 0.226. The van der Waals surface area contributed by atoms with E-state index in [1.165, 1.54) is 0 Å². The average molecular weight is 205 g/mol. The van der Waals surface area contributed by atoms with Crippen LogP contribution >= 0.6 is 15.9 Å². The molecule has 0 N–H and O–H groups in total. The minimum Gasteiger partial charge on any atom is -0.239 e. The molecule has 56 valence electrons. The maximum absolute atomic E-state index is 13.4. The van der Waals surface area contributed by atoms with Gasteiger partial charge in [0.15, 0.2) is 0 Å². The quantitative estimate of drug-likeness (QED) is 0.608. The molecule has 1 atom stereocenters. The van der Waals surface area contributed by atoms with Gasteiger partial charge >= 0.3 is 0 Å². The fraction of sp³-hybridized carbons (Fsp3) is 0.500. The molecular formula is C8H10BrF. The van der Waals surface area contributed by atoms with E-state index in [1.54, 1.807) is 12.2 Å². The highest BCUT2D eigenvalue weighted by Crippen LogP contribution is 2.26. The normalized spacial score (nSPS) is 31.0. The summed E-state index contributed by atoms with van der Waals surface area (Å²) in [5.41, 5.74) is -1.09. The number of halogens is 2. The van der Waals surface area contributed by atoms with E-state index in [4.69, 9.17) is 0 Å². The minimum atomic E-state index is -1.09. The van der Waals surface area contributed by atoms with Crippen molar-refractivity contribution in [3.05, 3.63) is 24.3 Å². The predicted molar refractivity (Wildman–Crippen MR) is 45.1 cm³/mol. The lowest BCUT2D eigenvalue weighted by Gasteiger charge is -2.20. The Kier molecular flexibility index (Phi) is 2.66. The van der Waals surface area contributed by atoms with Crippen molar-refractivity contribution in [2.24, 2.45) is 0 Å². The van der Waals surface area contributed by atoms with E-state index in [-0.39, 0.29) is 0 Å². The molecule has 1 unspecified atom stereocenters. The van der Waals surface area contributed by atoms with Gasteiger partial charge in [0.25, 0.3) is 0 Å². The largest absolute Gasteiger partial charge is 0.239 e. The van der Waals surface area contributed by atoms with Crippen molar-refractivity contribution in [1.29, 1.82) is 0 Å². The third kappa shape index (κ3) is 1.94. The summed E-state index contributed by atoms with van der Waals surface area (Å²) in [6.07, 6.45) is 8.23. The van der Waals surface area contributed by atoms with Crippen molar-refractivity contribution < 1.29 is 4.39 Å². The van der Waals surface area contributed by atoms with Crippen molar-refractivity contribution in [2.75, 3.05) is 5.33 Å². The Morgan fingerprint density at radius 2 is 2.30 bits per heavy atom. The second kappa shape index (κ2) is 3.33. The van der Waals surface area contributed by atoms with Crippen LogP contribution in [-0.4, -0.2) is 11.0 Å². The van der Waals surface area contributed by atoms with Crippen LogP contribution in [0, 0.1) is 0 Å². The van der Waals surface area contributed by atoms with Gasteiger partial charge in [-0.15, -0.1) is 0 Å². The first-order chi connectivity index (χ1) is 4.77. The molecule has 2 heteroatoms. The first-order valence-corrected chi connectivity index (χ1v) is 4.48. The van der Waals surface area contributed by atoms with Crippen molar-refractivity contribution in [3.8, 4) is 0 Å². The number of hydrogen-bond donors (Lipinski definition) is 0. The maximum atomic E-state index is 13.4. The van der Waals surface area contributed by atoms with Gasteiger partial charge in [0.05, 0.1) is 0 Å². The van der Waals surface area contributed by atoms with E-state index in [1.807, 2.05) is 12.2 Å². The van der Waals surface area contributed by atoms with Crippen LogP contribution in [0.2, 0.25) is 0 Å². The minimum absolute atomic E-state index is 0.523. The SMILES string of the molecule is FC1(CCBr)C=CC=CC1. The lowest BCUT2D eigenvalue weighted by atomic mass is 9.95. The molecule has 0 bridgehead atoms. The Hall–Kier alpha value is -0.110. The highest BCUT2D eigenvalue weighted by atomic mass is 79.9. The van der Waals surface area contributed by atoms with Gasteiger partial charge in [-0.25, -0.2) is 4.39 Å². The summed E-state index contributed by atoms with van der Waals surface area (Å²) >= 11 is 3.22. The van der Waals surface area contributed by atoms with E-state index >= 15 is 0 Å². The van der Waals surface area contributed by atoms with Crippen LogP contribution in [0.1, 0.15) is 12.8 Å². The zero-order chi connectivity index (χ0) is 7.45. The second-order valence-corrected chi connectivity index (χ2v) is 3.26. The zero-order valence-electron chi connectivity index (χ0n) is 5.69. The fourth-order valence-electron chi connectivity index (χ4n) is 0.981. The van der Waals surface area contributed by atoms with Crippen molar-refractivity contribution in [3.63, 3.8) is 0 Å². The molecule has 10 heavy (non-hydrogen) atoms. The van der Waals surface area contributed by atoms with Gasteiger partial charge in [-0.1, -0.05) is 34.2 Å². The standard InChI is InChI=1S/C8H10BrF/c9-7-6-8(10)4-2-1-3-5-8/h1-4H,5-7H2. The van der Waals surface area contributed by atoms with Crippen LogP contribution in [0.4, 0.5) is 4.39 Å². The van der Waals surface area contributed by atoms with Gasteiger partial charge in [0.1, 0.15) is 5.67 Å². The van der Waals surface area contributed by atoms with Crippen molar-refractivity contribution >= 4 is 15.9 Å². The summed E-state index contributed by atoms with van der Waals surface area (Å²) in [6.45, 7) is 0. The molecule has 0 saturated heterocycles. The molecule has 0 heterocycles. The highest BCUT2D eigenvalue weighted by molar-refractivity contribution is 9.09. The summed E-state index contributed by atoms with van der Waals surface area (Å²) < 4.78 is 13.4. The van der Waals surface area contributed by atoms with Crippen LogP contribution in [0.5, 0.6) is 0 Å². The summed E-state index contributed by atoms with van der Waals surface area (Å²) in [4.78, 5) is 0. The van der Waals surface area contributed by atoms with E-state index < -0.39 is 5.67 Å². The molecule has 0 aromatic rings. The van der Waals surface area contributed by atoms with Gasteiger partial charge in [-0.05, 0) is 12.5 Å². The van der Waals surface area contributed by atoms with Gasteiger partial charge < -0.3 is 0 Å². The molecule has 0 aliphatic heterocycles. The second-order valence-electron chi connectivity index (χ2n) is 2.46. The van der Waals surface area contributed by atoms with Crippen LogP contribution in [0.25, 0.3) is 0 Å². The Morgan fingerprint density at radius 1 is 1.50 bits per heavy atom. The predicted octanol–water partition coefficient (Wildman–Crippen LogP) is 3.00. The summed E-state index contributed by atoms with van der Waals surface area (Å²) in [7, 11) is 0. The molecule has 0 nitrogen and oxygen atoms in total. The summed E-state index contributed by atoms with van der Waals surface area (Å²) in [5.74, 6) is 0. The third-order valence-electron chi connectivity index (χ3n) is 1.61. The Labute approximate surface area is 68.9 Å². The van der Waals surface area contributed by atoms with Crippen LogP contribution in [0.15, 0.2) is 24.3 Å². The van der Waals surface area contributed by atoms with Crippen LogP contribution in [0.3, 0.4) is 0 Å². The van der Waals surface area contributed by atoms with Crippen molar-refractivity contribution in [1.82, 2.24) is 0 Å². The Bertz CT molecular complexity index is 163. The van der Waals surface area contributed by atoms with E-state index in [9.17, 15) is 4.39 Å². The monoisotopic (exact) mass is 204 g/mol. The number of allylic oxidation sites excluding steroid dienone is 4. The lowest BCUT2D eigenvalue weighted by Crippen LogP contribution is -2.20. The third-order valence-corrected chi connectivity index (χ3v) is 2.01. The zero-order valence-corrected chi connectivity index (χ0v) is 7.27. The van der Waals surface area contributed by atoms with Crippen LogP contribution < -0.4 is 0 Å². The van der Waals surface area contributed by atoms with E-state index in [0.29, 0.717) is 12.8 Å². The molecule has 1 rings (SSSR count). The molecule has 0 spiro atoms. The van der Waals surface area contributed by atoms with Crippen LogP contribution in [-0.2, 0) is 0 Å². The van der Waals surface area contributed by atoms with Crippen molar-refractivity contribution in [2.45, 2.75) is 18.5 Å². The molecule has 1 aliphatic rings. The number of alkyl halides is 2. The maximum Gasteiger partial charge on any atom is 0.133 e.